The Hall–Kier alpha value is -1.30. The summed E-state index contributed by atoms with van der Waals surface area (Å²) in [4.78, 5) is 11.8. The minimum absolute atomic E-state index is 0.434. The molecule has 1 aliphatic heterocycles. The van der Waals surface area contributed by atoms with Gasteiger partial charge in [-0.05, 0) is 6.42 Å². The number of rotatable bonds is 5. The van der Waals surface area contributed by atoms with Crippen molar-refractivity contribution in [1.82, 2.24) is 10.2 Å². The first-order chi connectivity index (χ1) is 6.74. The van der Waals surface area contributed by atoms with Crippen molar-refractivity contribution in [2.45, 2.75) is 6.42 Å². The molecule has 0 radical (unpaired) electrons. The molecule has 6 heteroatoms. The summed E-state index contributed by atoms with van der Waals surface area (Å²) in [7, 11) is 1.65. The van der Waals surface area contributed by atoms with Crippen LogP contribution in [0.5, 0.6) is 0 Å². The maximum Gasteiger partial charge on any atom is 0.274 e. The summed E-state index contributed by atoms with van der Waals surface area (Å²) < 4.78 is 4.92. The van der Waals surface area contributed by atoms with E-state index in [0.717, 1.165) is 32.3 Å². The summed E-state index contributed by atoms with van der Waals surface area (Å²) in [6.45, 7) is 3.07. The lowest BCUT2D eigenvalue weighted by atomic mass is 10.4. The fourth-order valence-electron chi connectivity index (χ4n) is 1.41. The van der Waals surface area contributed by atoms with Crippen molar-refractivity contribution in [1.29, 1.82) is 0 Å². The van der Waals surface area contributed by atoms with Gasteiger partial charge in [-0.2, -0.15) is 0 Å². The van der Waals surface area contributed by atoms with Crippen molar-refractivity contribution in [3.63, 3.8) is 0 Å². The number of hydrogen-bond donors (Lipinski definition) is 1. The smallest absolute Gasteiger partial charge is 0.274 e. The summed E-state index contributed by atoms with van der Waals surface area (Å²) in [6, 6.07) is 0. The topological polar surface area (TPSA) is 67.6 Å². The summed E-state index contributed by atoms with van der Waals surface area (Å²) in [5.74, 6) is 0.603. The van der Waals surface area contributed by atoms with E-state index in [4.69, 9.17) is 4.74 Å². The molecule has 0 aromatic carbocycles. The van der Waals surface area contributed by atoms with E-state index in [0.29, 0.717) is 12.4 Å². The normalized spacial score (nSPS) is 18.6. The average molecular weight is 201 g/mol. The average Bonchev–Trinajstić information content (AvgIpc) is 2.52. The molecule has 0 spiro atoms. The standard InChI is InChI=1S/C8H15N3O3/c1-14-6-2-4-10-5-3-9-8(10)7-11(12)13/h7,9H,2-6H2,1H3. The molecule has 0 aliphatic carbocycles. The van der Waals surface area contributed by atoms with Crippen LogP contribution in [0.1, 0.15) is 6.42 Å². The summed E-state index contributed by atoms with van der Waals surface area (Å²) in [5.41, 5.74) is 0. The lowest BCUT2D eigenvalue weighted by molar-refractivity contribution is -0.404. The van der Waals surface area contributed by atoms with Crippen LogP contribution in [0, 0.1) is 10.1 Å². The minimum Gasteiger partial charge on any atom is -0.385 e. The van der Waals surface area contributed by atoms with E-state index >= 15 is 0 Å². The Bertz CT molecular complexity index is 230. The van der Waals surface area contributed by atoms with Crippen LogP contribution >= 0.6 is 0 Å². The number of nitrogens with one attached hydrogen (secondary N) is 1. The lowest BCUT2D eigenvalue weighted by Gasteiger charge is -2.16. The Kier molecular flexibility index (Phi) is 4.18. The van der Waals surface area contributed by atoms with Gasteiger partial charge in [0.1, 0.15) is 0 Å². The molecular weight excluding hydrogens is 186 g/mol. The summed E-state index contributed by atoms with van der Waals surface area (Å²) in [5, 5.41) is 13.2. The van der Waals surface area contributed by atoms with E-state index < -0.39 is 4.92 Å². The van der Waals surface area contributed by atoms with Crippen LogP contribution in [0.3, 0.4) is 0 Å². The van der Waals surface area contributed by atoms with Crippen molar-refractivity contribution in [3.8, 4) is 0 Å². The van der Waals surface area contributed by atoms with Crippen LogP contribution in [-0.4, -0.2) is 43.2 Å². The van der Waals surface area contributed by atoms with Crippen LogP contribution < -0.4 is 5.32 Å². The highest BCUT2D eigenvalue weighted by molar-refractivity contribution is 4.99. The summed E-state index contributed by atoms with van der Waals surface area (Å²) >= 11 is 0. The molecule has 6 nitrogen and oxygen atoms in total. The van der Waals surface area contributed by atoms with Crippen molar-refractivity contribution < 1.29 is 9.66 Å². The van der Waals surface area contributed by atoms with Gasteiger partial charge in [-0.1, -0.05) is 0 Å². The molecule has 1 N–H and O–H groups in total. The molecule has 1 heterocycles. The number of hydrogen-bond acceptors (Lipinski definition) is 5. The van der Waals surface area contributed by atoms with Gasteiger partial charge in [-0.3, -0.25) is 10.1 Å². The van der Waals surface area contributed by atoms with Gasteiger partial charge in [0, 0.05) is 33.4 Å². The van der Waals surface area contributed by atoms with E-state index in [2.05, 4.69) is 5.32 Å². The Labute approximate surface area is 82.7 Å². The zero-order valence-corrected chi connectivity index (χ0v) is 8.23. The predicted octanol–water partition coefficient (Wildman–Crippen LogP) is 0.00370. The SMILES string of the molecule is COCCCN1CCNC1=C[N+](=O)[O-]. The molecule has 0 atom stereocenters. The minimum atomic E-state index is -0.434. The van der Waals surface area contributed by atoms with Gasteiger partial charge in [0.2, 0.25) is 0 Å². The second-order valence-corrected chi connectivity index (χ2v) is 3.06. The lowest BCUT2D eigenvalue weighted by Crippen LogP contribution is -2.23. The highest BCUT2D eigenvalue weighted by Crippen LogP contribution is 2.07. The van der Waals surface area contributed by atoms with Gasteiger partial charge in [0.05, 0.1) is 4.92 Å². The van der Waals surface area contributed by atoms with Crippen molar-refractivity contribution >= 4 is 0 Å². The molecule has 1 rings (SSSR count). The van der Waals surface area contributed by atoms with E-state index in [1.54, 1.807) is 7.11 Å². The monoisotopic (exact) mass is 201 g/mol. The van der Waals surface area contributed by atoms with Gasteiger partial charge >= 0.3 is 0 Å². The van der Waals surface area contributed by atoms with E-state index in [1.165, 1.54) is 0 Å². The molecule has 1 fully saturated rings. The maximum absolute atomic E-state index is 10.3. The molecular formula is C8H15N3O3. The first-order valence-electron chi connectivity index (χ1n) is 4.57. The molecule has 0 unspecified atom stereocenters. The van der Waals surface area contributed by atoms with Crippen molar-refractivity contribution in [3.05, 3.63) is 22.1 Å². The molecule has 0 saturated carbocycles. The Morgan fingerprint density at radius 3 is 3.21 bits per heavy atom. The largest absolute Gasteiger partial charge is 0.385 e. The van der Waals surface area contributed by atoms with Crippen LogP contribution in [0.4, 0.5) is 0 Å². The molecule has 0 bridgehead atoms. The fraction of sp³-hybridized carbons (Fsp3) is 0.750. The van der Waals surface area contributed by atoms with Gasteiger partial charge in [-0.15, -0.1) is 0 Å². The highest BCUT2D eigenvalue weighted by Gasteiger charge is 2.18. The van der Waals surface area contributed by atoms with Crippen LogP contribution in [0.2, 0.25) is 0 Å². The number of nitrogens with zero attached hydrogens (tertiary/aromatic N) is 2. The number of ether oxygens (including phenoxy) is 1. The first kappa shape index (κ1) is 10.8. The van der Waals surface area contributed by atoms with Gasteiger partial charge in [0.15, 0.2) is 5.82 Å². The Morgan fingerprint density at radius 1 is 1.79 bits per heavy atom. The van der Waals surface area contributed by atoms with Crippen molar-refractivity contribution in [2.24, 2.45) is 0 Å². The molecule has 14 heavy (non-hydrogen) atoms. The van der Waals surface area contributed by atoms with Gasteiger partial charge < -0.3 is 15.0 Å². The van der Waals surface area contributed by atoms with E-state index in [9.17, 15) is 10.1 Å². The van der Waals surface area contributed by atoms with Crippen LogP contribution in [0.15, 0.2) is 12.0 Å². The molecule has 0 aromatic heterocycles. The fourth-order valence-corrected chi connectivity index (χ4v) is 1.41. The highest BCUT2D eigenvalue weighted by atomic mass is 16.6. The quantitative estimate of drug-likeness (QED) is 0.385. The zero-order chi connectivity index (χ0) is 10.4. The van der Waals surface area contributed by atoms with Gasteiger partial charge in [-0.25, -0.2) is 0 Å². The second-order valence-electron chi connectivity index (χ2n) is 3.06. The molecule has 0 aromatic rings. The predicted molar refractivity (Wildman–Crippen MR) is 51.1 cm³/mol. The number of nitro groups is 1. The molecule has 1 saturated heterocycles. The first-order valence-corrected chi connectivity index (χ1v) is 4.57. The van der Waals surface area contributed by atoms with E-state index in [-0.39, 0.29) is 0 Å². The van der Waals surface area contributed by atoms with Crippen LogP contribution in [0.25, 0.3) is 0 Å². The second kappa shape index (κ2) is 5.43. The number of methoxy groups -OCH3 is 1. The van der Waals surface area contributed by atoms with E-state index in [1.807, 2.05) is 4.90 Å². The van der Waals surface area contributed by atoms with Crippen LogP contribution in [-0.2, 0) is 4.74 Å². The Balaban J connectivity index is 2.39. The van der Waals surface area contributed by atoms with Crippen molar-refractivity contribution in [2.75, 3.05) is 33.4 Å². The third-order valence-corrected chi connectivity index (χ3v) is 2.03. The summed E-state index contributed by atoms with van der Waals surface area (Å²) in [6.07, 6.45) is 1.90. The third-order valence-electron chi connectivity index (χ3n) is 2.03. The third kappa shape index (κ3) is 3.21. The molecule has 80 valence electrons. The Morgan fingerprint density at radius 2 is 2.57 bits per heavy atom. The maximum atomic E-state index is 10.3. The zero-order valence-electron chi connectivity index (χ0n) is 8.23. The van der Waals surface area contributed by atoms with Gasteiger partial charge in [0.25, 0.3) is 6.20 Å². The molecule has 1 aliphatic rings. The molecule has 0 amide bonds.